The first-order valence-electron chi connectivity index (χ1n) is 7.31. The van der Waals surface area contributed by atoms with Crippen LogP contribution in [0.3, 0.4) is 0 Å². The van der Waals surface area contributed by atoms with Gasteiger partial charge in [-0.15, -0.1) is 11.6 Å². The van der Waals surface area contributed by atoms with E-state index in [4.69, 9.17) is 20.8 Å². The minimum atomic E-state index is -0.188. The predicted octanol–water partition coefficient (Wildman–Crippen LogP) is 3.24. The lowest BCUT2D eigenvalue weighted by molar-refractivity contribution is 0.0741. The maximum absolute atomic E-state index is 12.2. The standard InChI is InChI=1S/C17H21ClN2O3/c1-19(2)13-5-4-6-14(11-13)22-10-9-20(3)17(21)16-8-7-15(12-18)23-16/h4-8,11H,9-10,12H2,1-3H3. The zero-order valence-corrected chi connectivity index (χ0v) is 14.3. The SMILES string of the molecule is CN(CCOc1cccc(N(C)C)c1)C(=O)c1ccc(CCl)o1. The number of nitrogens with zero attached hydrogens (tertiary/aromatic N) is 2. The third-order valence-electron chi connectivity index (χ3n) is 3.38. The number of likely N-dealkylation sites (N-methyl/N-ethyl adjacent to an activating group) is 1. The van der Waals surface area contributed by atoms with Gasteiger partial charge in [-0.1, -0.05) is 6.07 Å². The topological polar surface area (TPSA) is 45.9 Å². The number of hydrogen-bond donors (Lipinski definition) is 0. The van der Waals surface area contributed by atoms with Gasteiger partial charge < -0.3 is 19.0 Å². The lowest BCUT2D eigenvalue weighted by Gasteiger charge is -2.17. The molecule has 0 aliphatic carbocycles. The highest BCUT2D eigenvalue weighted by atomic mass is 35.5. The Morgan fingerprint density at radius 3 is 2.65 bits per heavy atom. The molecule has 1 amide bonds. The summed E-state index contributed by atoms with van der Waals surface area (Å²) < 4.78 is 11.1. The molecule has 0 unspecified atom stereocenters. The van der Waals surface area contributed by atoms with E-state index in [1.807, 2.05) is 43.3 Å². The second-order valence-corrected chi connectivity index (χ2v) is 5.63. The Hall–Kier alpha value is -2.14. The molecule has 0 aliphatic heterocycles. The van der Waals surface area contributed by atoms with Crippen molar-refractivity contribution in [2.75, 3.05) is 39.2 Å². The van der Waals surface area contributed by atoms with Crippen LogP contribution < -0.4 is 9.64 Å². The molecule has 1 aromatic carbocycles. The summed E-state index contributed by atoms with van der Waals surface area (Å²) in [6, 6.07) is 11.1. The van der Waals surface area contributed by atoms with Gasteiger partial charge in [0.2, 0.25) is 0 Å². The fraction of sp³-hybridized carbons (Fsp3) is 0.353. The van der Waals surface area contributed by atoms with Gasteiger partial charge in [0.1, 0.15) is 18.1 Å². The van der Waals surface area contributed by atoms with Gasteiger partial charge in [-0.05, 0) is 24.3 Å². The van der Waals surface area contributed by atoms with Crippen molar-refractivity contribution in [3.05, 3.63) is 47.9 Å². The first-order chi connectivity index (χ1) is 11.0. The van der Waals surface area contributed by atoms with Crippen molar-refractivity contribution in [1.82, 2.24) is 4.90 Å². The largest absolute Gasteiger partial charge is 0.492 e. The number of rotatable bonds is 7. The van der Waals surface area contributed by atoms with E-state index in [0.29, 0.717) is 18.9 Å². The van der Waals surface area contributed by atoms with Crippen molar-refractivity contribution in [2.45, 2.75) is 5.88 Å². The fourth-order valence-corrected chi connectivity index (χ4v) is 2.15. The number of hydrogen-bond acceptors (Lipinski definition) is 4. The highest BCUT2D eigenvalue weighted by molar-refractivity contribution is 6.16. The summed E-state index contributed by atoms with van der Waals surface area (Å²) in [4.78, 5) is 15.8. The Balaban J connectivity index is 1.85. The van der Waals surface area contributed by atoms with E-state index in [0.717, 1.165) is 11.4 Å². The summed E-state index contributed by atoms with van der Waals surface area (Å²) in [5, 5.41) is 0. The Morgan fingerprint density at radius 2 is 2.00 bits per heavy atom. The molecule has 124 valence electrons. The lowest BCUT2D eigenvalue weighted by atomic mass is 10.3. The number of alkyl halides is 1. The molecule has 6 heteroatoms. The molecule has 1 heterocycles. The monoisotopic (exact) mass is 336 g/mol. The average molecular weight is 337 g/mol. The van der Waals surface area contributed by atoms with Gasteiger partial charge in [0.25, 0.3) is 5.91 Å². The van der Waals surface area contributed by atoms with Crippen LogP contribution in [-0.2, 0) is 5.88 Å². The molecule has 0 atom stereocenters. The molecular formula is C17H21ClN2O3. The van der Waals surface area contributed by atoms with Crippen molar-refractivity contribution < 1.29 is 13.9 Å². The zero-order chi connectivity index (χ0) is 16.8. The number of halogens is 1. The summed E-state index contributed by atoms with van der Waals surface area (Å²) in [6.45, 7) is 0.865. The summed E-state index contributed by atoms with van der Waals surface area (Å²) in [5.41, 5.74) is 1.07. The molecule has 0 saturated carbocycles. The molecule has 0 bridgehead atoms. The van der Waals surface area contributed by atoms with Gasteiger partial charge in [0.15, 0.2) is 5.76 Å². The minimum absolute atomic E-state index is 0.188. The number of amides is 1. The molecule has 5 nitrogen and oxygen atoms in total. The fourth-order valence-electron chi connectivity index (χ4n) is 2.01. The van der Waals surface area contributed by atoms with Crippen LogP contribution in [0.2, 0.25) is 0 Å². The quantitative estimate of drug-likeness (QED) is 0.728. The molecule has 0 radical (unpaired) electrons. The number of benzene rings is 1. The number of furan rings is 1. The maximum atomic E-state index is 12.2. The van der Waals surface area contributed by atoms with E-state index < -0.39 is 0 Å². The number of anilines is 1. The molecule has 23 heavy (non-hydrogen) atoms. The highest BCUT2D eigenvalue weighted by Gasteiger charge is 2.15. The molecule has 0 spiro atoms. The summed E-state index contributed by atoms with van der Waals surface area (Å²) in [5.74, 6) is 1.71. The van der Waals surface area contributed by atoms with Crippen LogP contribution in [0.25, 0.3) is 0 Å². The van der Waals surface area contributed by atoms with E-state index in [9.17, 15) is 4.79 Å². The van der Waals surface area contributed by atoms with Crippen molar-refractivity contribution >= 4 is 23.2 Å². The van der Waals surface area contributed by atoms with Crippen LogP contribution in [0.1, 0.15) is 16.3 Å². The Kier molecular flexibility index (Phi) is 5.93. The van der Waals surface area contributed by atoms with Gasteiger partial charge in [0, 0.05) is 32.9 Å². The van der Waals surface area contributed by atoms with Crippen molar-refractivity contribution in [1.29, 1.82) is 0 Å². The molecule has 2 aromatic rings. The Labute approximate surface area is 141 Å². The molecule has 0 fully saturated rings. The summed E-state index contributed by atoms with van der Waals surface area (Å²) >= 11 is 5.67. The third-order valence-corrected chi connectivity index (χ3v) is 3.64. The van der Waals surface area contributed by atoms with Crippen LogP contribution in [0, 0.1) is 0 Å². The minimum Gasteiger partial charge on any atom is -0.492 e. The van der Waals surface area contributed by atoms with Crippen molar-refractivity contribution in [3.8, 4) is 5.75 Å². The van der Waals surface area contributed by atoms with Gasteiger partial charge >= 0.3 is 0 Å². The molecular weight excluding hydrogens is 316 g/mol. The molecule has 1 aromatic heterocycles. The molecule has 0 N–H and O–H groups in total. The number of ether oxygens (including phenoxy) is 1. The Morgan fingerprint density at radius 1 is 1.22 bits per heavy atom. The summed E-state index contributed by atoms with van der Waals surface area (Å²) in [6.07, 6.45) is 0. The molecule has 0 saturated heterocycles. The van der Waals surface area contributed by atoms with E-state index in [2.05, 4.69) is 0 Å². The first-order valence-corrected chi connectivity index (χ1v) is 7.85. The van der Waals surface area contributed by atoms with E-state index in [-0.39, 0.29) is 17.5 Å². The maximum Gasteiger partial charge on any atom is 0.289 e. The zero-order valence-electron chi connectivity index (χ0n) is 13.6. The van der Waals surface area contributed by atoms with Crippen LogP contribution in [-0.4, -0.2) is 45.1 Å². The number of carbonyl (C=O) groups excluding carboxylic acids is 1. The Bertz CT molecular complexity index is 655. The third kappa shape index (κ3) is 4.66. The summed E-state index contributed by atoms with van der Waals surface area (Å²) in [7, 11) is 5.67. The van der Waals surface area contributed by atoms with Gasteiger partial charge in [-0.3, -0.25) is 4.79 Å². The van der Waals surface area contributed by atoms with Crippen LogP contribution in [0.4, 0.5) is 5.69 Å². The van der Waals surface area contributed by atoms with E-state index in [1.165, 1.54) is 0 Å². The smallest absolute Gasteiger partial charge is 0.289 e. The van der Waals surface area contributed by atoms with Gasteiger partial charge in [-0.25, -0.2) is 0 Å². The van der Waals surface area contributed by atoms with Crippen LogP contribution in [0.15, 0.2) is 40.8 Å². The van der Waals surface area contributed by atoms with Crippen LogP contribution >= 0.6 is 11.6 Å². The first kappa shape index (κ1) is 17.2. The van der Waals surface area contributed by atoms with Crippen LogP contribution in [0.5, 0.6) is 5.75 Å². The second kappa shape index (κ2) is 7.92. The average Bonchev–Trinajstić information content (AvgIpc) is 3.03. The second-order valence-electron chi connectivity index (χ2n) is 5.37. The van der Waals surface area contributed by atoms with Gasteiger partial charge in [-0.2, -0.15) is 0 Å². The number of carbonyl (C=O) groups is 1. The highest BCUT2D eigenvalue weighted by Crippen LogP contribution is 2.19. The molecule has 2 rings (SSSR count). The van der Waals surface area contributed by atoms with E-state index >= 15 is 0 Å². The predicted molar refractivity (Wildman–Crippen MR) is 91.5 cm³/mol. The lowest BCUT2D eigenvalue weighted by Crippen LogP contribution is -2.30. The molecule has 0 aliphatic rings. The van der Waals surface area contributed by atoms with Crippen molar-refractivity contribution in [3.63, 3.8) is 0 Å². The van der Waals surface area contributed by atoms with E-state index in [1.54, 1.807) is 24.1 Å². The van der Waals surface area contributed by atoms with Gasteiger partial charge in [0.05, 0.1) is 12.4 Å². The van der Waals surface area contributed by atoms with Crippen molar-refractivity contribution in [2.24, 2.45) is 0 Å². The normalized spacial score (nSPS) is 10.4.